The number of aromatic nitrogens is 1. The van der Waals surface area contributed by atoms with Gasteiger partial charge in [-0.2, -0.15) is 0 Å². The van der Waals surface area contributed by atoms with Gasteiger partial charge >= 0.3 is 0 Å². The highest BCUT2D eigenvalue weighted by molar-refractivity contribution is 6.35. The lowest BCUT2D eigenvalue weighted by molar-refractivity contribution is -0.128. The number of halogens is 2. The molecule has 5 heterocycles. The van der Waals surface area contributed by atoms with Gasteiger partial charge in [0.1, 0.15) is 28.8 Å². The standard InChI is InChI=1S/C28H31ClFN5O3/c1-4-21(36)33-9-10-34-18(12-33)13-38-25-22(27(34)37)26(35-16-28(11-17(35)2)14-32(3)15-28)31-24(23(25)29)19-7-5-6-8-20(19)30/h4-8,17-18H,1,9-16H2,2-3H3/t17-,18+/m0/s1. The van der Waals surface area contributed by atoms with Crippen LogP contribution in [0, 0.1) is 11.2 Å². The third kappa shape index (κ3) is 3.94. The predicted molar refractivity (Wildman–Crippen MR) is 143 cm³/mol. The van der Waals surface area contributed by atoms with Gasteiger partial charge in [-0.3, -0.25) is 9.59 Å². The van der Waals surface area contributed by atoms with Crippen molar-refractivity contribution < 1.29 is 18.7 Å². The first-order valence-electron chi connectivity index (χ1n) is 13.0. The fraction of sp³-hybridized carbons (Fsp3) is 0.464. The molecule has 0 N–H and O–H groups in total. The Hall–Kier alpha value is -3.17. The Morgan fingerprint density at radius 2 is 2.00 bits per heavy atom. The highest BCUT2D eigenvalue weighted by atomic mass is 35.5. The summed E-state index contributed by atoms with van der Waals surface area (Å²) in [6, 6.07) is 6.13. The van der Waals surface area contributed by atoms with Crippen LogP contribution in [0.15, 0.2) is 36.9 Å². The van der Waals surface area contributed by atoms with Crippen LogP contribution in [0.1, 0.15) is 23.7 Å². The van der Waals surface area contributed by atoms with E-state index in [4.69, 9.17) is 21.3 Å². The Labute approximate surface area is 226 Å². The number of nitrogens with zero attached hydrogens (tertiary/aromatic N) is 5. The lowest BCUT2D eigenvalue weighted by Crippen LogP contribution is -2.57. The number of hydrogen-bond donors (Lipinski definition) is 0. The molecule has 0 aliphatic carbocycles. The maximum atomic E-state index is 15.0. The van der Waals surface area contributed by atoms with Crippen molar-refractivity contribution in [3.8, 4) is 17.0 Å². The molecule has 1 spiro atoms. The van der Waals surface area contributed by atoms with Gasteiger partial charge < -0.3 is 24.3 Å². The van der Waals surface area contributed by atoms with E-state index in [9.17, 15) is 14.0 Å². The van der Waals surface area contributed by atoms with Crippen molar-refractivity contribution in [1.29, 1.82) is 0 Å². The smallest absolute Gasteiger partial charge is 0.261 e. The van der Waals surface area contributed by atoms with Gasteiger partial charge in [0.15, 0.2) is 5.75 Å². The maximum absolute atomic E-state index is 15.0. The molecule has 4 aliphatic rings. The Kier molecular flexibility index (Phi) is 6.11. The summed E-state index contributed by atoms with van der Waals surface area (Å²) in [5.41, 5.74) is 0.965. The first kappa shape index (κ1) is 25.1. The van der Waals surface area contributed by atoms with E-state index in [2.05, 4.69) is 30.4 Å². The van der Waals surface area contributed by atoms with Crippen LogP contribution in [-0.4, -0.2) is 96.5 Å². The summed E-state index contributed by atoms with van der Waals surface area (Å²) in [5, 5.41) is 0.117. The van der Waals surface area contributed by atoms with E-state index in [1.54, 1.807) is 28.0 Å². The number of carbonyl (C=O) groups excluding carboxylic acids is 2. The number of amides is 2. The molecule has 0 bridgehead atoms. The second-order valence-electron chi connectivity index (χ2n) is 11.1. The van der Waals surface area contributed by atoms with Crippen LogP contribution >= 0.6 is 11.6 Å². The number of pyridine rings is 1. The molecule has 0 saturated carbocycles. The normalized spacial score (nSPS) is 24.4. The Morgan fingerprint density at radius 3 is 2.71 bits per heavy atom. The predicted octanol–water partition coefficient (Wildman–Crippen LogP) is 3.30. The molecule has 6 rings (SSSR count). The first-order chi connectivity index (χ1) is 18.2. The third-order valence-corrected chi connectivity index (χ3v) is 8.67. The summed E-state index contributed by atoms with van der Waals surface area (Å²) in [6.45, 7) is 9.69. The molecule has 3 fully saturated rings. The van der Waals surface area contributed by atoms with Crippen LogP contribution < -0.4 is 9.64 Å². The van der Waals surface area contributed by atoms with Crippen molar-refractivity contribution in [3.63, 3.8) is 0 Å². The van der Waals surface area contributed by atoms with E-state index in [-0.39, 0.29) is 57.9 Å². The van der Waals surface area contributed by atoms with E-state index >= 15 is 0 Å². The van der Waals surface area contributed by atoms with Gasteiger partial charge in [0.05, 0.1) is 11.7 Å². The number of hydrogen-bond acceptors (Lipinski definition) is 6. The van der Waals surface area contributed by atoms with Gasteiger partial charge in [-0.15, -0.1) is 0 Å². The third-order valence-electron chi connectivity index (χ3n) is 8.32. The van der Waals surface area contributed by atoms with Crippen LogP contribution in [-0.2, 0) is 4.79 Å². The van der Waals surface area contributed by atoms with Crippen molar-refractivity contribution in [1.82, 2.24) is 19.7 Å². The van der Waals surface area contributed by atoms with Crippen LogP contribution in [0.5, 0.6) is 5.75 Å². The lowest BCUT2D eigenvalue weighted by Gasteiger charge is -2.46. The molecule has 8 nitrogen and oxygen atoms in total. The van der Waals surface area contributed by atoms with Crippen molar-refractivity contribution in [2.45, 2.75) is 25.4 Å². The SMILES string of the molecule is C=CC(=O)N1CCN2C(=O)c3c(N4CC5(C[C@@H]4C)CN(C)C5)nc(-c4ccccc4F)c(Cl)c3OC[C@H]2C1. The summed E-state index contributed by atoms with van der Waals surface area (Å²) in [5.74, 6) is -0.138. The monoisotopic (exact) mass is 539 g/mol. The zero-order valence-electron chi connectivity index (χ0n) is 21.6. The number of rotatable bonds is 3. The minimum Gasteiger partial charge on any atom is -0.489 e. The summed E-state index contributed by atoms with van der Waals surface area (Å²) < 4.78 is 21.2. The Balaban J connectivity index is 1.47. The van der Waals surface area contributed by atoms with E-state index < -0.39 is 5.82 Å². The Morgan fingerprint density at radius 1 is 1.24 bits per heavy atom. The molecule has 38 heavy (non-hydrogen) atoms. The second kappa shape index (κ2) is 9.24. The summed E-state index contributed by atoms with van der Waals surface area (Å²) in [6.07, 6.45) is 2.26. The van der Waals surface area contributed by atoms with E-state index in [0.29, 0.717) is 31.0 Å². The zero-order valence-corrected chi connectivity index (χ0v) is 22.4. The van der Waals surface area contributed by atoms with Gasteiger partial charge in [-0.25, -0.2) is 9.37 Å². The Bertz CT molecular complexity index is 1330. The van der Waals surface area contributed by atoms with Crippen molar-refractivity contribution >= 4 is 29.2 Å². The van der Waals surface area contributed by atoms with Crippen LogP contribution in [0.4, 0.5) is 10.2 Å². The molecule has 1 aromatic heterocycles. The van der Waals surface area contributed by atoms with Gasteiger partial charge in [0, 0.05) is 56.3 Å². The van der Waals surface area contributed by atoms with Crippen LogP contribution in [0.25, 0.3) is 11.3 Å². The van der Waals surface area contributed by atoms with Gasteiger partial charge in [0.25, 0.3) is 5.91 Å². The number of ether oxygens (including phenoxy) is 1. The van der Waals surface area contributed by atoms with Crippen molar-refractivity contribution in [3.05, 3.63) is 53.3 Å². The molecule has 3 saturated heterocycles. The highest BCUT2D eigenvalue weighted by Gasteiger charge is 2.51. The minimum atomic E-state index is -0.449. The van der Waals surface area contributed by atoms with Crippen LogP contribution in [0.2, 0.25) is 5.02 Å². The molecule has 2 amide bonds. The molecular formula is C28H31ClFN5O3. The quantitative estimate of drug-likeness (QED) is 0.558. The summed E-state index contributed by atoms with van der Waals surface area (Å²) in [7, 11) is 2.11. The minimum absolute atomic E-state index is 0.117. The molecule has 200 valence electrons. The molecule has 4 aliphatic heterocycles. The summed E-state index contributed by atoms with van der Waals surface area (Å²) >= 11 is 6.87. The number of piperazine rings is 1. The molecule has 0 unspecified atom stereocenters. The number of anilines is 1. The van der Waals surface area contributed by atoms with E-state index in [1.807, 2.05) is 0 Å². The van der Waals surface area contributed by atoms with Crippen molar-refractivity contribution in [2.75, 3.05) is 57.8 Å². The fourth-order valence-corrected chi connectivity index (χ4v) is 7.04. The molecule has 1 aromatic carbocycles. The molecule has 10 heteroatoms. The average Bonchev–Trinajstić information content (AvgIpc) is 3.15. The largest absolute Gasteiger partial charge is 0.489 e. The molecule has 0 radical (unpaired) electrons. The number of likely N-dealkylation sites (tertiary alicyclic amines) is 1. The van der Waals surface area contributed by atoms with Crippen LogP contribution in [0.3, 0.4) is 0 Å². The molecule has 2 aromatic rings. The van der Waals surface area contributed by atoms with Gasteiger partial charge in [-0.1, -0.05) is 30.3 Å². The lowest BCUT2D eigenvalue weighted by atomic mass is 9.78. The second-order valence-corrected chi connectivity index (χ2v) is 11.5. The topological polar surface area (TPSA) is 69.2 Å². The average molecular weight is 540 g/mol. The fourth-order valence-electron chi connectivity index (χ4n) is 6.75. The number of carbonyl (C=O) groups is 2. The van der Waals surface area contributed by atoms with E-state index in [1.165, 1.54) is 12.1 Å². The van der Waals surface area contributed by atoms with Crippen molar-refractivity contribution in [2.24, 2.45) is 5.41 Å². The highest BCUT2D eigenvalue weighted by Crippen LogP contribution is 2.48. The molecular weight excluding hydrogens is 509 g/mol. The first-order valence-corrected chi connectivity index (χ1v) is 13.4. The zero-order chi connectivity index (χ0) is 26.8. The number of benzene rings is 1. The maximum Gasteiger partial charge on any atom is 0.261 e. The van der Waals surface area contributed by atoms with Gasteiger partial charge in [-0.05, 0) is 38.6 Å². The summed E-state index contributed by atoms with van der Waals surface area (Å²) in [4.78, 5) is 39.3. The van der Waals surface area contributed by atoms with E-state index in [0.717, 1.165) is 26.1 Å². The number of fused-ring (bicyclic) bond motifs is 2. The van der Waals surface area contributed by atoms with Gasteiger partial charge in [0.2, 0.25) is 5.91 Å². The molecule has 2 atom stereocenters.